The summed E-state index contributed by atoms with van der Waals surface area (Å²) in [6, 6.07) is 4.14. The van der Waals surface area contributed by atoms with Crippen LogP contribution in [0.3, 0.4) is 0 Å². The third-order valence-corrected chi connectivity index (χ3v) is 6.57. The molecule has 0 unspecified atom stereocenters. The molecule has 0 N–H and O–H groups in total. The van der Waals surface area contributed by atoms with Gasteiger partial charge in [0.15, 0.2) is 0 Å². The van der Waals surface area contributed by atoms with Crippen molar-refractivity contribution >= 4 is 58.7 Å². The number of nitrogens with zero attached hydrogens (tertiary/aromatic N) is 9. The Morgan fingerprint density at radius 3 is 0.703 bits per heavy atom. The quantitative estimate of drug-likeness (QED) is 0.210. The molecule has 22 heteroatoms. The zero-order valence-electron chi connectivity index (χ0n) is 17.3. The molecule has 21 nitrogen and oxygen atoms in total. The predicted octanol–water partition coefficient (Wildman–Crippen LogP) is 1.08. The molecule has 0 aliphatic heterocycles. The van der Waals surface area contributed by atoms with E-state index in [4.69, 9.17) is 0 Å². The van der Waals surface area contributed by atoms with Crippen molar-refractivity contribution < 1.29 is 29.5 Å². The molecule has 188 valence electrons. The van der Waals surface area contributed by atoms with Gasteiger partial charge < -0.3 is 60.7 Å². The average Bonchev–Trinajstić information content (AvgIpc) is 2.83. The van der Waals surface area contributed by atoms with Crippen LogP contribution in [0, 0.1) is 60.7 Å². The third kappa shape index (κ3) is 5.51. The van der Waals surface area contributed by atoms with Crippen molar-refractivity contribution in [2.75, 3.05) is 0 Å². The molecule has 0 spiro atoms. The molecule has 3 aromatic heterocycles. The highest BCUT2D eigenvalue weighted by Crippen LogP contribution is 2.38. The van der Waals surface area contributed by atoms with Gasteiger partial charge in [0.1, 0.15) is 0 Å². The Morgan fingerprint density at radius 1 is 0.405 bits per heavy atom. The van der Waals surface area contributed by atoms with Gasteiger partial charge >= 0.3 is 34.9 Å². The first-order valence-corrected chi connectivity index (χ1v) is 10.4. The normalized spacial score (nSPS) is 10.6. The van der Waals surface area contributed by atoms with Gasteiger partial charge in [-0.2, -0.15) is 0 Å². The van der Waals surface area contributed by atoms with Crippen molar-refractivity contribution in [2.45, 2.75) is 0 Å². The molecule has 0 fully saturated rings. The fourth-order valence-electron chi connectivity index (χ4n) is 2.86. The van der Waals surface area contributed by atoms with Crippen LogP contribution < -0.4 is 15.9 Å². The van der Waals surface area contributed by atoms with Crippen LogP contribution in [0.4, 0.5) is 34.9 Å². The third-order valence-electron chi connectivity index (χ3n) is 4.25. The Hall–Kier alpha value is -5.72. The topological polar surface area (TPSA) is 298 Å². The molecule has 0 amide bonds. The maximum Gasteiger partial charge on any atom is 0.369 e. The van der Waals surface area contributed by atoms with Crippen LogP contribution in [-0.2, 0) is 0 Å². The van der Waals surface area contributed by atoms with E-state index in [1.807, 2.05) is 0 Å². The summed E-state index contributed by atoms with van der Waals surface area (Å²) in [5.41, 5.74) is 0. The summed E-state index contributed by atoms with van der Waals surface area (Å²) in [6.45, 7) is 0. The fraction of sp³-hybridized carbons (Fsp3) is 0. The van der Waals surface area contributed by atoms with Crippen molar-refractivity contribution in [1.29, 1.82) is 0 Å². The Kier molecular flexibility index (Phi) is 6.91. The van der Waals surface area contributed by atoms with Gasteiger partial charge in [-0.05, 0) is 37.5 Å². The Bertz CT molecular complexity index is 1250. The van der Waals surface area contributed by atoms with Gasteiger partial charge in [0.2, 0.25) is 0 Å². The van der Waals surface area contributed by atoms with Crippen LogP contribution in [0.2, 0.25) is 0 Å². The van der Waals surface area contributed by atoms with Crippen LogP contribution in [0.5, 0.6) is 0 Å². The van der Waals surface area contributed by atoms with Crippen molar-refractivity contribution in [3.05, 3.63) is 97.1 Å². The number of aromatic nitrogens is 3. The molecule has 37 heavy (non-hydrogen) atoms. The van der Waals surface area contributed by atoms with Gasteiger partial charge in [0, 0.05) is 67.3 Å². The maximum atomic E-state index is 11.3. The average molecular weight is 535 g/mol. The summed E-state index contributed by atoms with van der Waals surface area (Å²) in [7, 11) is -2.64. The van der Waals surface area contributed by atoms with Crippen LogP contribution in [0.1, 0.15) is 0 Å². The minimum atomic E-state index is -2.64. The van der Waals surface area contributed by atoms with E-state index < -0.39 is 88.3 Å². The summed E-state index contributed by atoms with van der Waals surface area (Å²) in [5.74, 6) is -6.46. The Balaban J connectivity index is 2.49. The summed E-state index contributed by atoms with van der Waals surface area (Å²) < 4.78 is 0. The second-order valence-corrected chi connectivity index (χ2v) is 8.72. The van der Waals surface area contributed by atoms with Crippen molar-refractivity contribution in [1.82, 2.24) is 15.0 Å². The van der Waals surface area contributed by atoms with Gasteiger partial charge in [-0.1, -0.05) is 0 Å². The van der Waals surface area contributed by atoms with E-state index in [1.54, 1.807) is 0 Å². The molecule has 0 aliphatic rings. The zero-order valence-corrected chi connectivity index (χ0v) is 18.2. The van der Waals surface area contributed by atoms with E-state index in [9.17, 15) is 60.7 Å². The van der Waals surface area contributed by atoms with E-state index in [0.29, 0.717) is 36.4 Å². The van der Waals surface area contributed by atoms with Crippen molar-refractivity contribution in [3.63, 3.8) is 0 Å². The van der Waals surface area contributed by atoms with Gasteiger partial charge in [0.05, 0.1) is 0 Å². The molecule has 3 aromatic rings. The summed E-state index contributed by atoms with van der Waals surface area (Å²) in [5, 5.41) is 66.9. The summed E-state index contributed by atoms with van der Waals surface area (Å²) in [4.78, 5) is 71.1. The molecule has 0 aliphatic carbocycles. The lowest BCUT2D eigenvalue weighted by Crippen LogP contribution is -2.24. The highest BCUT2D eigenvalue weighted by molar-refractivity contribution is 7.79. The van der Waals surface area contributed by atoms with Gasteiger partial charge in [0.25, 0.3) is 0 Å². The summed E-state index contributed by atoms with van der Waals surface area (Å²) in [6.07, 6.45) is 0. The molecule has 0 saturated carbocycles. The molecule has 0 radical (unpaired) electrons. The highest BCUT2D eigenvalue weighted by atomic mass is 31.1. The lowest BCUT2D eigenvalue weighted by molar-refractivity contribution is -0.403. The molecule has 3 heterocycles. The van der Waals surface area contributed by atoms with E-state index >= 15 is 0 Å². The lowest BCUT2D eigenvalue weighted by atomic mass is 10.4. The molecular formula is C15H6N9O12P. The zero-order chi connectivity index (χ0) is 27.6. The number of rotatable bonds is 9. The minimum Gasteiger partial charge on any atom is -0.358 e. The van der Waals surface area contributed by atoms with E-state index in [0.717, 1.165) is 0 Å². The largest absolute Gasteiger partial charge is 0.369 e. The summed E-state index contributed by atoms with van der Waals surface area (Å²) >= 11 is 0. The number of hydrogen-bond donors (Lipinski definition) is 0. The van der Waals surface area contributed by atoms with Crippen molar-refractivity contribution in [3.8, 4) is 0 Å². The van der Waals surface area contributed by atoms with E-state index in [1.165, 1.54) is 0 Å². The second-order valence-electron chi connectivity index (χ2n) is 6.50. The minimum absolute atomic E-state index is 0.395. The fourth-order valence-corrected chi connectivity index (χ4v) is 5.22. The predicted molar refractivity (Wildman–Crippen MR) is 118 cm³/mol. The first-order chi connectivity index (χ1) is 17.3. The van der Waals surface area contributed by atoms with Crippen molar-refractivity contribution in [2.24, 2.45) is 0 Å². The SMILES string of the molecule is O=[N+]([O-])c1cc(P(c2cc([N+](=O)[O-])nc([N+](=O)[O-])c2)c2cc([N+](=O)[O-])nc([N+](=O)[O-])c2)cc([N+](=O)[O-])n1. The smallest absolute Gasteiger partial charge is 0.358 e. The molecular weight excluding hydrogens is 529 g/mol. The first kappa shape index (κ1) is 25.9. The van der Waals surface area contributed by atoms with Gasteiger partial charge in [-0.25, -0.2) is 0 Å². The Morgan fingerprint density at radius 2 is 0.568 bits per heavy atom. The number of pyridine rings is 3. The molecule has 0 bridgehead atoms. The highest BCUT2D eigenvalue weighted by Gasteiger charge is 2.31. The number of nitro groups is 6. The monoisotopic (exact) mass is 535 g/mol. The van der Waals surface area contributed by atoms with E-state index in [2.05, 4.69) is 15.0 Å². The van der Waals surface area contributed by atoms with Crippen LogP contribution in [0.25, 0.3) is 0 Å². The standard InChI is InChI=1S/C15H6N9O12P/c25-19(26)10-1-7(2-11(16-10)20(27)28)37(8-3-12(21(29)30)17-13(4-8)22(31)32)9-5-14(23(33)34)18-15(6-9)24(35)36/h1-6H. The van der Waals surface area contributed by atoms with Gasteiger partial charge in [-0.3, -0.25) is 0 Å². The lowest BCUT2D eigenvalue weighted by Gasteiger charge is -2.18. The molecule has 0 aromatic carbocycles. The number of hydrogen-bond acceptors (Lipinski definition) is 15. The van der Waals surface area contributed by atoms with Crippen LogP contribution in [0.15, 0.2) is 36.4 Å². The van der Waals surface area contributed by atoms with E-state index in [-0.39, 0.29) is 0 Å². The molecule has 0 atom stereocenters. The second kappa shape index (κ2) is 9.87. The van der Waals surface area contributed by atoms with Gasteiger partial charge in [-0.15, -0.1) is 0 Å². The van der Waals surface area contributed by atoms with Crippen LogP contribution in [-0.4, -0.2) is 44.5 Å². The van der Waals surface area contributed by atoms with Crippen LogP contribution >= 0.6 is 7.92 Å². The molecule has 0 saturated heterocycles. The molecule has 3 rings (SSSR count). The maximum absolute atomic E-state index is 11.3. The Labute approximate surface area is 201 Å². The first-order valence-electron chi connectivity index (χ1n) is 9.01.